The minimum Gasteiger partial charge on any atom is -0.478 e. The summed E-state index contributed by atoms with van der Waals surface area (Å²) in [6.07, 6.45) is 0.133. The van der Waals surface area contributed by atoms with Gasteiger partial charge in [-0.25, -0.2) is 9.59 Å². The van der Waals surface area contributed by atoms with Gasteiger partial charge in [0.15, 0.2) is 0 Å². The molecular weight excluding hydrogens is 464 g/mol. The minimum atomic E-state index is -1.22. The van der Waals surface area contributed by atoms with Crippen LogP contribution in [0.25, 0.3) is 0 Å². The van der Waals surface area contributed by atoms with Gasteiger partial charge in [-0.15, -0.1) is 23.5 Å². The van der Waals surface area contributed by atoms with Crippen molar-refractivity contribution in [1.29, 1.82) is 0 Å². The Morgan fingerprint density at radius 3 is 2.42 bits per heavy atom. The number of carbonyl (C=O) groups is 4. The first-order valence-corrected chi connectivity index (χ1v) is 12.1. The van der Waals surface area contributed by atoms with Crippen molar-refractivity contribution in [1.82, 2.24) is 10.2 Å². The minimum absolute atomic E-state index is 0.0855. The van der Waals surface area contributed by atoms with Crippen molar-refractivity contribution in [2.45, 2.75) is 22.7 Å². The van der Waals surface area contributed by atoms with E-state index in [-0.39, 0.29) is 29.3 Å². The fraction of sp³-hybridized carbons (Fsp3) is 0.217. The molecule has 0 radical (unpaired) electrons. The average Bonchev–Trinajstić information content (AvgIpc) is 2.81. The third-order valence-corrected chi connectivity index (χ3v) is 7.79. The number of hydrogen-bond donors (Lipinski definition) is 3. The molecule has 33 heavy (non-hydrogen) atoms. The Bertz CT molecular complexity index is 1150. The first kappa shape index (κ1) is 22.9. The summed E-state index contributed by atoms with van der Waals surface area (Å²) >= 11 is 2.61. The van der Waals surface area contributed by atoms with Crippen LogP contribution >= 0.6 is 23.5 Å². The van der Waals surface area contributed by atoms with Crippen molar-refractivity contribution in [3.63, 3.8) is 0 Å². The molecule has 10 heteroatoms. The highest BCUT2D eigenvalue weighted by Crippen LogP contribution is 2.41. The van der Waals surface area contributed by atoms with Gasteiger partial charge in [-0.1, -0.05) is 42.5 Å². The van der Waals surface area contributed by atoms with E-state index in [2.05, 4.69) is 5.32 Å². The van der Waals surface area contributed by atoms with Gasteiger partial charge >= 0.3 is 11.9 Å². The Morgan fingerprint density at radius 1 is 1.03 bits per heavy atom. The number of rotatable bonds is 8. The van der Waals surface area contributed by atoms with Gasteiger partial charge in [-0.3, -0.25) is 14.5 Å². The molecule has 3 N–H and O–H groups in total. The molecule has 2 atom stereocenters. The second kappa shape index (κ2) is 9.72. The number of thioether (sulfide) groups is 2. The highest BCUT2D eigenvalue weighted by Gasteiger charge is 2.54. The van der Waals surface area contributed by atoms with E-state index >= 15 is 0 Å². The largest absolute Gasteiger partial charge is 0.478 e. The number of benzene rings is 2. The molecule has 0 aliphatic carbocycles. The number of fused-ring (bicyclic) bond motifs is 1. The molecule has 0 aromatic heterocycles. The van der Waals surface area contributed by atoms with Crippen molar-refractivity contribution in [2.24, 2.45) is 0 Å². The lowest BCUT2D eigenvalue weighted by Gasteiger charge is -2.49. The van der Waals surface area contributed by atoms with E-state index in [0.717, 1.165) is 5.56 Å². The summed E-state index contributed by atoms with van der Waals surface area (Å²) in [7, 11) is 0. The lowest BCUT2D eigenvalue weighted by atomic mass is 10.0. The molecule has 2 aromatic carbocycles. The van der Waals surface area contributed by atoms with Crippen LogP contribution in [0.2, 0.25) is 0 Å². The van der Waals surface area contributed by atoms with Crippen molar-refractivity contribution in [2.75, 3.05) is 11.5 Å². The smallest absolute Gasteiger partial charge is 0.352 e. The van der Waals surface area contributed by atoms with Crippen molar-refractivity contribution in [3.8, 4) is 0 Å². The summed E-state index contributed by atoms with van der Waals surface area (Å²) in [5, 5.41) is 21.4. The number of amides is 2. The van der Waals surface area contributed by atoms with E-state index in [4.69, 9.17) is 0 Å². The van der Waals surface area contributed by atoms with Crippen LogP contribution in [-0.2, 0) is 20.8 Å². The molecule has 2 aromatic rings. The monoisotopic (exact) mass is 484 g/mol. The van der Waals surface area contributed by atoms with Crippen LogP contribution in [0.4, 0.5) is 0 Å². The molecule has 0 spiro atoms. The van der Waals surface area contributed by atoms with E-state index < -0.39 is 29.3 Å². The first-order valence-electron chi connectivity index (χ1n) is 10.0. The van der Waals surface area contributed by atoms with Crippen molar-refractivity contribution in [3.05, 3.63) is 77.0 Å². The van der Waals surface area contributed by atoms with Crippen LogP contribution in [0.3, 0.4) is 0 Å². The quantitative estimate of drug-likeness (QED) is 0.386. The molecule has 2 aliphatic rings. The third-order valence-electron chi connectivity index (χ3n) is 5.29. The van der Waals surface area contributed by atoms with Crippen LogP contribution in [0.1, 0.15) is 15.9 Å². The second-order valence-electron chi connectivity index (χ2n) is 7.46. The molecule has 2 amide bonds. The molecule has 8 nitrogen and oxygen atoms in total. The Hall–Kier alpha value is -3.24. The maximum Gasteiger partial charge on any atom is 0.352 e. The number of carbonyl (C=O) groups excluding carboxylic acids is 2. The van der Waals surface area contributed by atoms with Gasteiger partial charge in [-0.05, 0) is 23.3 Å². The van der Waals surface area contributed by atoms with Gasteiger partial charge < -0.3 is 15.5 Å². The predicted molar refractivity (Wildman–Crippen MR) is 124 cm³/mol. The van der Waals surface area contributed by atoms with Crippen LogP contribution in [0, 0.1) is 0 Å². The number of nitrogens with one attached hydrogen (secondary N) is 1. The van der Waals surface area contributed by atoms with Crippen LogP contribution in [0.5, 0.6) is 0 Å². The summed E-state index contributed by atoms with van der Waals surface area (Å²) in [6, 6.07) is 14.9. The summed E-state index contributed by atoms with van der Waals surface area (Å²) in [5.74, 6) is -2.43. The van der Waals surface area contributed by atoms with E-state index in [9.17, 15) is 29.4 Å². The highest BCUT2D eigenvalue weighted by molar-refractivity contribution is 8.01. The normalized spacial score (nSPS) is 19.5. The SMILES string of the molecule is O=C(Cc1ccccc1)NC1C(=O)N2C(C(=O)O)=C(CSc3ccccc3C(=O)O)CSC12. The molecule has 4 rings (SSSR count). The van der Waals surface area contributed by atoms with Gasteiger partial charge in [-0.2, -0.15) is 0 Å². The number of carboxylic acid groups (broad SMARTS) is 2. The summed E-state index contributed by atoms with van der Waals surface area (Å²) in [6.45, 7) is 0. The molecular formula is C23H20N2O6S2. The number of aliphatic carboxylic acids is 1. The molecule has 2 heterocycles. The van der Waals surface area contributed by atoms with E-state index in [1.165, 1.54) is 34.5 Å². The highest BCUT2D eigenvalue weighted by atomic mass is 32.2. The molecule has 2 unspecified atom stereocenters. The van der Waals surface area contributed by atoms with Crippen LogP contribution < -0.4 is 5.32 Å². The zero-order valence-electron chi connectivity index (χ0n) is 17.3. The van der Waals surface area contributed by atoms with Gasteiger partial charge in [0.05, 0.1) is 12.0 Å². The fourth-order valence-corrected chi connectivity index (χ4v) is 6.26. The average molecular weight is 485 g/mol. The standard InChI is InChI=1S/C23H20N2O6S2/c26-17(10-13-6-2-1-3-7-13)24-18-20(27)25-19(23(30)31)14(12-33-21(18)25)11-32-16-9-5-4-8-15(16)22(28)29/h1-9,18,21H,10-12H2,(H,24,26)(H,28,29)(H,30,31). The molecule has 1 fully saturated rings. The second-order valence-corrected chi connectivity index (χ2v) is 9.59. The molecule has 0 bridgehead atoms. The Balaban J connectivity index is 1.46. The lowest BCUT2D eigenvalue weighted by molar-refractivity contribution is -0.150. The maximum absolute atomic E-state index is 12.8. The van der Waals surface area contributed by atoms with E-state index in [0.29, 0.717) is 16.2 Å². The summed E-state index contributed by atoms with van der Waals surface area (Å²) in [4.78, 5) is 50.3. The number of nitrogens with zero attached hydrogens (tertiary/aromatic N) is 1. The van der Waals surface area contributed by atoms with Gasteiger partial charge in [0.2, 0.25) is 5.91 Å². The Morgan fingerprint density at radius 2 is 1.73 bits per heavy atom. The summed E-state index contributed by atoms with van der Waals surface area (Å²) in [5.41, 5.74) is 1.42. The number of β-lactam (4-membered cyclic amide) rings is 1. The van der Waals surface area contributed by atoms with Gasteiger partial charge in [0.25, 0.3) is 5.91 Å². The Labute approximate surface area is 198 Å². The molecule has 1 saturated heterocycles. The zero-order chi connectivity index (χ0) is 23.5. The predicted octanol–water partition coefficient (Wildman–Crippen LogP) is 2.46. The fourth-order valence-electron chi connectivity index (χ4n) is 3.73. The van der Waals surface area contributed by atoms with Crippen molar-refractivity contribution < 1.29 is 29.4 Å². The lowest BCUT2D eigenvalue weighted by Crippen LogP contribution is -2.70. The van der Waals surface area contributed by atoms with E-state index in [1.807, 2.05) is 30.3 Å². The van der Waals surface area contributed by atoms with Crippen LogP contribution in [-0.4, -0.2) is 61.8 Å². The zero-order valence-corrected chi connectivity index (χ0v) is 18.9. The third kappa shape index (κ3) is 4.76. The molecule has 170 valence electrons. The number of aromatic carboxylic acids is 1. The van der Waals surface area contributed by atoms with Gasteiger partial charge in [0.1, 0.15) is 17.1 Å². The van der Waals surface area contributed by atoms with E-state index in [1.54, 1.807) is 18.2 Å². The number of hydrogen-bond acceptors (Lipinski definition) is 6. The topological polar surface area (TPSA) is 124 Å². The van der Waals surface area contributed by atoms with Crippen LogP contribution in [0.15, 0.2) is 70.8 Å². The first-order chi connectivity index (χ1) is 15.9. The van der Waals surface area contributed by atoms with Crippen molar-refractivity contribution >= 4 is 47.3 Å². The van der Waals surface area contributed by atoms with Gasteiger partial charge in [0, 0.05) is 16.4 Å². The number of carboxylic acids is 2. The summed E-state index contributed by atoms with van der Waals surface area (Å²) < 4.78 is 0. The molecule has 2 aliphatic heterocycles. The Kier molecular flexibility index (Phi) is 6.75. The maximum atomic E-state index is 12.8. The molecule has 0 saturated carbocycles.